The molecule has 0 aromatic carbocycles. The summed E-state index contributed by atoms with van der Waals surface area (Å²) in [6.45, 7) is 9.82. The number of allylic oxidation sites excluding steroid dienone is 2. The van der Waals surface area contributed by atoms with Crippen molar-refractivity contribution in [3.8, 4) is 0 Å². The van der Waals surface area contributed by atoms with Crippen LogP contribution in [0.4, 0.5) is 5.82 Å². The number of hydrogen-bond donors (Lipinski definition) is 2. The van der Waals surface area contributed by atoms with Gasteiger partial charge in [-0.15, -0.1) is 0 Å². The summed E-state index contributed by atoms with van der Waals surface area (Å²) in [6, 6.07) is 1.68. The number of rotatable bonds is 3. The first-order chi connectivity index (χ1) is 10.6. The van der Waals surface area contributed by atoms with Crippen LogP contribution in [0.1, 0.15) is 53.2 Å². The number of carboxylic acid groups (broad SMARTS) is 1. The maximum Gasteiger partial charge on any atom is 0.307 e. The highest BCUT2D eigenvalue weighted by molar-refractivity contribution is 5.94. The third-order valence-corrected chi connectivity index (χ3v) is 4.42. The van der Waals surface area contributed by atoms with Crippen LogP contribution in [0, 0.1) is 11.8 Å². The molecule has 1 aromatic rings. The molecule has 0 saturated carbocycles. The second kappa shape index (κ2) is 6.18. The zero-order valence-electron chi connectivity index (χ0n) is 14.3. The average molecular weight is 320 g/mol. The Hall–Kier alpha value is -2.11. The molecule has 2 rings (SSSR count). The van der Waals surface area contributed by atoms with Crippen molar-refractivity contribution in [2.75, 3.05) is 5.32 Å². The van der Waals surface area contributed by atoms with Crippen LogP contribution >= 0.6 is 0 Å². The quantitative estimate of drug-likeness (QED) is 0.833. The number of amides is 1. The summed E-state index contributed by atoms with van der Waals surface area (Å²) in [4.78, 5) is 24.0. The maximum absolute atomic E-state index is 12.5. The van der Waals surface area contributed by atoms with Gasteiger partial charge in [0.1, 0.15) is 5.76 Å². The van der Waals surface area contributed by atoms with Crippen LogP contribution in [0.25, 0.3) is 0 Å². The lowest BCUT2D eigenvalue weighted by Gasteiger charge is -2.29. The van der Waals surface area contributed by atoms with Crippen LogP contribution in [-0.4, -0.2) is 22.1 Å². The van der Waals surface area contributed by atoms with E-state index in [4.69, 9.17) is 4.52 Å². The Morgan fingerprint density at radius 3 is 2.26 bits per heavy atom. The average Bonchev–Trinajstić information content (AvgIpc) is 2.89. The minimum Gasteiger partial charge on any atom is -0.481 e. The Bertz CT molecular complexity index is 652. The van der Waals surface area contributed by atoms with Crippen molar-refractivity contribution in [2.24, 2.45) is 11.8 Å². The molecular formula is C17H24N2O4. The van der Waals surface area contributed by atoms with E-state index >= 15 is 0 Å². The largest absolute Gasteiger partial charge is 0.481 e. The Morgan fingerprint density at radius 2 is 1.78 bits per heavy atom. The number of nitrogens with one attached hydrogen (secondary N) is 1. The minimum absolute atomic E-state index is 0.207. The summed E-state index contributed by atoms with van der Waals surface area (Å²) in [5.74, 6) is -1.56. The van der Waals surface area contributed by atoms with Gasteiger partial charge in [0.05, 0.1) is 11.8 Å². The highest BCUT2D eigenvalue weighted by atomic mass is 16.5. The number of nitrogens with zero attached hydrogens (tertiary/aromatic N) is 1. The van der Waals surface area contributed by atoms with Crippen LogP contribution in [0.2, 0.25) is 0 Å². The predicted molar refractivity (Wildman–Crippen MR) is 86.1 cm³/mol. The number of carbonyl (C=O) groups is 2. The third kappa shape index (κ3) is 3.81. The van der Waals surface area contributed by atoms with Gasteiger partial charge >= 0.3 is 5.97 Å². The molecular weight excluding hydrogens is 296 g/mol. The molecule has 6 nitrogen and oxygen atoms in total. The molecule has 1 amide bonds. The fourth-order valence-electron chi connectivity index (χ4n) is 2.73. The lowest BCUT2D eigenvalue weighted by atomic mass is 9.76. The summed E-state index contributed by atoms with van der Waals surface area (Å²) >= 11 is 0. The van der Waals surface area contributed by atoms with Crippen molar-refractivity contribution in [3.05, 3.63) is 23.0 Å². The smallest absolute Gasteiger partial charge is 0.307 e. The monoisotopic (exact) mass is 320 g/mol. The molecule has 0 bridgehead atoms. The number of hydrogen-bond acceptors (Lipinski definition) is 4. The van der Waals surface area contributed by atoms with Gasteiger partial charge in [-0.05, 0) is 26.7 Å². The molecule has 1 aliphatic carbocycles. The van der Waals surface area contributed by atoms with E-state index in [1.54, 1.807) is 6.07 Å². The molecule has 23 heavy (non-hydrogen) atoms. The normalized spacial score (nSPS) is 22.1. The van der Waals surface area contributed by atoms with Gasteiger partial charge in [0, 0.05) is 11.5 Å². The van der Waals surface area contributed by atoms with Gasteiger partial charge in [0.2, 0.25) is 5.91 Å². The first kappa shape index (κ1) is 17.2. The number of carboxylic acids is 1. The number of aliphatic carboxylic acids is 1. The molecule has 2 N–H and O–H groups in total. The summed E-state index contributed by atoms with van der Waals surface area (Å²) in [5, 5.41) is 16.0. The topological polar surface area (TPSA) is 92.4 Å². The van der Waals surface area contributed by atoms with Crippen molar-refractivity contribution in [1.82, 2.24) is 5.16 Å². The zero-order chi connectivity index (χ0) is 17.4. The number of anilines is 1. The summed E-state index contributed by atoms with van der Waals surface area (Å²) in [5.41, 5.74) is 1.93. The van der Waals surface area contributed by atoms with Gasteiger partial charge < -0.3 is 14.9 Å². The molecule has 0 fully saturated rings. The van der Waals surface area contributed by atoms with Gasteiger partial charge in [-0.2, -0.15) is 0 Å². The zero-order valence-corrected chi connectivity index (χ0v) is 14.3. The lowest BCUT2D eigenvalue weighted by Crippen LogP contribution is -2.36. The van der Waals surface area contributed by atoms with E-state index in [9.17, 15) is 14.7 Å². The fraction of sp³-hybridized carbons (Fsp3) is 0.588. The minimum atomic E-state index is -0.937. The van der Waals surface area contributed by atoms with E-state index in [1.165, 1.54) is 0 Å². The van der Waals surface area contributed by atoms with Crippen LogP contribution < -0.4 is 5.32 Å². The highest BCUT2D eigenvalue weighted by Crippen LogP contribution is 2.35. The van der Waals surface area contributed by atoms with Gasteiger partial charge in [0.25, 0.3) is 0 Å². The predicted octanol–water partition coefficient (Wildman–Crippen LogP) is 3.36. The Kier molecular flexibility index (Phi) is 4.63. The second-order valence-electron chi connectivity index (χ2n) is 7.34. The van der Waals surface area contributed by atoms with E-state index in [0.29, 0.717) is 24.4 Å². The Balaban J connectivity index is 2.16. The molecule has 0 unspecified atom stereocenters. The molecule has 126 valence electrons. The second-order valence-corrected chi connectivity index (χ2v) is 7.34. The van der Waals surface area contributed by atoms with Crippen molar-refractivity contribution in [3.63, 3.8) is 0 Å². The van der Waals surface area contributed by atoms with E-state index < -0.39 is 17.8 Å². The van der Waals surface area contributed by atoms with Crippen LogP contribution in [0.15, 0.2) is 21.7 Å². The van der Waals surface area contributed by atoms with Crippen molar-refractivity contribution in [2.45, 2.75) is 52.9 Å². The van der Waals surface area contributed by atoms with Gasteiger partial charge in [-0.1, -0.05) is 37.1 Å². The maximum atomic E-state index is 12.5. The Morgan fingerprint density at radius 1 is 1.22 bits per heavy atom. The van der Waals surface area contributed by atoms with E-state index in [-0.39, 0.29) is 11.3 Å². The molecule has 0 radical (unpaired) electrons. The van der Waals surface area contributed by atoms with E-state index in [0.717, 1.165) is 11.1 Å². The first-order valence-electron chi connectivity index (χ1n) is 7.75. The summed E-state index contributed by atoms with van der Waals surface area (Å²) in [7, 11) is 0. The van der Waals surface area contributed by atoms with Crippen LogP contribution in [-0.2, 0) is 15.0 Å². The number of carbonyl (C=O) groups excluding carboxylic acids is 1. The molecule has 1 aliphatic rings. The van der Waals surface area contributed by atoms with E-state index in [1.807, 2.05) is 34.6 Å². The van der Waals surface area contributed by atoms with E-state index in [2.05, 4.69) is 10.5 Å². The summed E-state index contributed by atoms with van der Waals surface area (Å²) < 4.78 is 5.24. The van der Waals surface area contributed by atoms with Crippen molar-refractivity contribution < 1.29 is 19.2 Å². The molecule has 0 saturated heterocycles. The van der Waals surface area contributed by atoms with Crippen molar-refractivity contribution in [1.29, 1.82) is 0 Å². The molecule has 0 aliphatic heterocycles. The highest BCUT2D eigenvalue weighted by Gasteiger charge is 2.37. The molecule has 2 atom stereocenters. The third-order valence-electron chi connectivity index (χ3n) is 4.42. The molecule has 0 spiro atoms. The number of aromatic nitrogens is 1. The van der Waals surface area contributed by atoms with Gasteiger partial charge in [-0.25, -0.2) is 0 Å². The van der Waals surface area contributed by atoms with Gasteiger partial charge in [0.15, 0.2) is 5.82 Å². The lowest BCUT2D eigenvalue weighted by molar-refractivity contribution is -0.146. The first-order valence-corrected chi connectivity index (χ1v) is 7.75. The van der Waals surface area contributed by atoms with Crippen LogP contribution in [0.5, 0.6) is 0 Å². The van der Waals surface area contributed by atoms with Crippen molar-refractivity contribution >= 4 is 17.7 Å². The van der Waals surface area contributed by atoms with Gasteiger partial charge in [-0.3, -0.25) is 9.59 Å². The fourth-order valence-corrected chi connectivity index (χ4v) is 2.73. The standard InChI is InChI=1S/C17H24N2O4/c1-9-6-11(12(16(21)22)7-10(9)2)15(20)18-14-8-13(23-19-14)17(3,4)5/h8,11-12H,6-7H2,1-5H3,(H,21,22)(H,18,19,20)/t11-,12-/m0/s1. The SMILES string of the molecule is CC1=C(C)C[C@H](C(=O)Nc2cc(C(C)(C)C)on2)[C@@H](C(=O)O)C1. The Labute approximate surface area is 135 Å². The summed E-state index contributed by atoms with van der Waals surface area (Å²) in [6.07, 6.45) is 0.865. The molecule has 6 heteroatoms. The molecule has 1 aromatic heterocycles. The molecule has 1 heterocycles. The van der Waals surface area contributed by atoms with Crippen LogP contribution in [0.3, 0.4) is 0 Å².